The molecule has 1 fully saturated rings. The summed E-state index contributed by atoms with van der Waals surface area (Å²) < 4.78 is 27.6. The highest BCUT2D eigenvalue weighted by Gasteiger charge is 2.32. The summed E-state index contributed by atoms with van der Waals surface area (Å²) in [5.74, 6) is 5.55. The standard InChI is InChI=1S/C30H40O7S3/c1-33-15-17-39-18-16-35-26-11-13-28(14-12-26)37-30(32)25-7-5-24(6-8-25)29(31)36-27-9-3-23(4-10-27)21-34-22-40-20-19-38-2/h3-4,9-14,24-25H,5-8,15-22H2,1-2H3. The topological polar surface area (TPSA) is 80.3 Å². The summed E-state index contributed by atoms with van der Waals surface area (Å²) in [7, 11) is 1.70. The molecule has 0 saturated heterocycles. The summed E-state index contributed by atoms with van der Waals surface area (Å²) in [4.78, 5) is 25.4. The van der Waals surface area contributed by atoms with Gasteiger partial charge in [-0.3, -0.25) is 9.59 Å². The quantitative estimate of drug-likeness (QED) is 0.0829. The zero-order valence-corrected chi connectivity index (χ0v) is 25.8. The van der Waals surface area contributed by atoms with Gasteiger partial charge in [-0.2, -0.15) is 23.5 Å². The number of methoxy groups -OCH3 is 1. The summed E-state index contributed by atoms with van der Waals surface area (Å²) >= 11 is 5.39. The van der Waals surface area contributed by atoms with E-state index in [9.17, 15) is 9.59 Å². The Morgan fingerprint density at radius 1 is 0.725 bits per heavy atom. The van der Waals surface area contributed by atoms with Gasteiger partial charge < -0.3 is 23.7 Å². The molecule has 0 bridgehead atoms. The molecule has 2 aromatic rings. The van der Waals surface area contributed by atoms with Crippen LogP contribution in [0.1, 0.15) is 31.2 Å². The van der Waals surface area contributed by atoms with Crippen molar-refractivity contribution < 1.29 is 33.3 Å². The maximum absolute atomic E-state index is 12.7. The van der Waals surface area contributed by atoms with Gasteiger partial charge in [0.05, 0.1) is 37.6 Å². The summed E-state index contributed by atoms with van der Waals surface area (Å²) in [6, 6.07) is 14.6. The molecule has 7 nitrogen and oxygen atoms in total. The number of hydrogen-bond donors (Lipinski definition) is 0. The van der Waals surface area contributed by atoms with E-state index in [0.29, 0.717) is 56.3 Å². The maximum Gasteiger partial charge on any atom is 0.314 e. The molecule has 0 atom stereocenters. The maximum atomic E-state index is 12.7. The fourth-order valence-electron chi connectivity index (χ4n) is 4.10. The van der Waals surface area contributed by atoms with Crippen molar-refractivity contribution in [1.29, 1.82) is 0 Å². The highest BCUT2D eigenvalue weighted by Crippen LogP contribution is 2.31. The van der Waals surface area contributed by atoms with Gasteiger partial charge in [0, 0.05) is 30.1 Å². The number of rotatable bonds is 18. The monoisotopic (exact) mass is 608 g/mol. The van der Waals surface area contributed by atoms with Gasteiger partial charge in [0.15, 0.2) is 0 Å². The number of carbonyl (C=O) groups excluding carboxylic acids is 2. The third kappa shape index (κ3) is 12.3. The van der Waals surface area contributed by atoms with Crippen molar-refractivity contribution in [2.45, 2.75) is 32.3 Å². The largest absolute Gasteiger partial charge is 0.493 e. The zero-order valence-electron chi connectivity index (χ0n) is 23.3. The van der Waals surface area contributed by atoms with Crippen LogP contribution in [0.25, 0.3) is 0 Å². The second-order valence-electron chi connectivity index (χ2n) is 9.33. The third-order valence-corrected chi connectivity index (χ3v) is 8.98. The van der Waals surface area contributed by atoms with Crippen LogP contribution in [0.5, 0.6) is 17.2 Å². The van der Waals surface area contributed by atoms with Crippen molar-refractivity contribution >= 4 is 47.2 Å². The van der Waals surface area contributed by atoms with Gasteiger partial charge in [-0.25, -0.2) is 0 Å². The van der Waals surface area contributed by atoms with Crippen molar-refractivity contribution in [2.75, 3.05) is 55.5 Å². The number of ether oxygens (including phenoxy) is 5. The van der Waals surface area contributed by atoms with E-state index in [2.05, 4.69) is 6.26 Å². The first-order valence-corrected chi connectivity index (χ1v) is 17.3. The van der Waals surface area contributed by atoms with Gasteiger partial charge >= 0.3 is 11.9 Å². The molecule has 2 aromatic carbocycles. The Morgan fingerprint density at radius 3 is 1.85 bits per heavy atom. The lowest BCUT2D eigenvalue weighted by atomic mass is 9.82. The normalized spacial score (nSPS) is 16.9. The highest BCUT2D eigenvalue weighted by atomic mass is 32.2. The van der Waals surface area contributed by atoms with Crippen molar-refractivity contribution in [1.82, 2.24) is 0 Å². The average molecular weight is 609 g/mol. The fraction of sp³-hybridized carbons (Fsp3) is 0.533. The van der Waals surface area contributed by atoms with Crippen LogP contribution >= 0.6 is 35.3 Å². The van der Waals surface area contributed by atoms with Crippen LogP contribution in [0, 0.1) is 11.8 Å². The number of benzene rings is 2. The lowest BCUT2D eigenvalue weighted by molar-refractivity contribution is -0.145. The van der Waals surface area contributed by atoms with Crippen molar-refractivity contribution in [3.8, 4) is 17.2 Å². The molecule has 0 spiro atoms. The fourth-order valence-corrected chi connectivity index (χ4v) is 6.25. The summed E-state index contributed by atoms with van der Waals surface area (Å²) in [5.41, 5.74) is 1.04. The van der Waals surface area contributed by atoms with E-state index in [-0.39, 0.29) is 23.8 Å². The molecule has 0 aliphatic heterocycles. The molecule has 0 unspecified atom stereocenters. The Bertz CT molecular complexity index is 912. The van der Waals surface area contributed by atoms with E-state index in [0.717, 1.165) is 40.9 Å². The predicted molar refractivity (Wildman–Crippen MR) is 165 cm³/mol. The minimum absolute atomic E-state index is 0.213. The van der Waals surface area contributed by atoms with E-state index in [1.165, 1.54) is 0 Å². The molecule has 1 saturated carbocycles. The van der Waals surface area contributed by atoms with E-state index in [1.807, 2.05) is 36.0 Å². The van der Waals surface area contributed by atoms with Crippen LogP contribution in [-0.2, 0) is 25.7 Å². The SMILES string of the molecule is COCCSCCOc1ccc(OC(=O)C2CCC(C(=O)Oc3ccc(COCSCCSC)cc3)CC2)cc1. The second kappa shape index (κ2) is 19.3. The molecule has 40 heavy (non-hydrogen) atoms. The number of hydrogen-bond acceptors (Lipinski definition) is 10. The molecule has 10 heteroatoms. The minimum atomic E-state index is -0.254. The zero-order chi connectivity index (χ0) is 28.4. The molecule has 0 radical (unpaired) electrons. The first-order valence-electron chi connectivity index (χ1n) is 13.6. The van der Waals surface area contributed by atoms with E-state index in [4.69, 9.17) is 23.7 Å². The first-order chi connectivity index (χ1) is 19.6. The molecule has 0 aromatic heterocycles. The molecule has 1 aliphatic carbocycles. The summed E-state index contributed by atoms with van der Waals surface area (Å²) in [5, 5.41) is 0. The second-order valence-corrected chi connectivity index (χ2v) is 12.6. The molecule has 220 valence electrons. The van der Waals surface area contributed by atoms with Crippen LogP contribution < -0.4 is 14.2 Å². The lowest BCUT2D eigenvalue weighted by Crippen LogP contribution is -2.30. The predicted octanol–water partition coefficient (Wildman–Crippen LogP) is 6.33. The van der Waals surface area contributed by atoms with Crippen molar-refractivity contribution in [3.05, 3.63) is 54.1 Å². The Morgan fingerprint density at radius 2 is 1.27 bits per heavy atom. The lowest BCUT2D eigenvalue weighted by Gasteiger charge is -2.25. The molecule has 3 rings (SSSR count). The molecule has 1 aliphatic rings. The molecule has 0 amide bonds. The van der Waals surface area contributed by atoms with Crippen LogP contribution in [0.3, 0.4) is 0 Å². The van der Waals surface area contributed by atoms with E-state index >= 15 is 0 Å². The van der Waals surface area contributed by atoms with Gasteiger partial charge in [0.1, 0.15) is 17.2 Å². The first kappa shape index (κ1) is 32.7. The number of thioether (sulfide) groups is 3. The van der Waals surface area contributed by atoms with Crippen LogP contribution in [-0.4, -0.2) is 67.5 Å². The molecular formula is C30H40O7S3. The number of carbonyl (C=O) groups is 2. The molecule has 0 N–H and O–H groups in total. The Kier molecular flexibility index (Phi) is 15.8. The summed E-state index contributed by atoms with van der Waals surface area (Å²) in [6.45, 7) is 1.88. The summed E-state index contributed by atoms with van der Waals surface area (Å²) in [6.07, 6.45) is 4.52. The van der Waals surface area contributed by atoms with Crippen molar-refractivity contribution in [3.63, 3.8) is 0 Å². The highest BCUT2D eigenvalue weighted by molar-refractivity contribution is 8.02. The van der Waals surface area contributed by atoms with Crippen LogP contribution in [0.2, 0.25) is 0 Å². The number of esters is 2. The van der Waals surface area contributed by atoms with Gasteiger partial charge in [0.25, 0.3) is 0 Å². The van der Waals surface area contributed by atoms with Gasteiger partial charge in [-0.1, -0.05) is 12.1 Å². The van der Waals surface area contributed by atoms with Crippen LogP contribution in [0.15, 0.2) is 48.5 Å². The van der Waals surface area contributed by atoms with E-state index in [1.54, 1.807) is 54.9 Å². The van der Waals surface area contributed by atoms with E-state index < -0.39 is 0 Å². The smallest absolute Gasteiger partial charge is 0.314 e. The van der Waals surface area contributed by atoms with Gasteiger partial charge in [-0.05, 0) is 73.9 Å². The van der Waals surface area contributed by atoms with Gasteiger partial charge in [0.2, 0.25) is 0 Å². The Labute approximate surface area is 250 Å². The Hall–Kier alpha value is -1.85. The molecule has 0 heterocycles. The minimum Gasteiger partial charge on any atom is -0.493 e. The van der Waals surface area contributed by atoms with Crippen molar-refractivity contribution in [2.24, 2.45) is 11.8 Å². The van der Waals surface area contributed by atoms with Crippen LogP contribution in [0.4, 0.5) is 0 Å². The molecular weight excluding hydrogens is 569 g/mol. The van der Waals surface area contributed by atoms with Gasteiger partial charge in [-0.15, -0.1) is 11.8 Å². The third-order valence-electron chi connectivity index (χ3n) is 6.37. The average Bonchev–Trinajstić information content (AvgIpc) is 2.98. The Balaban J connectivity index is 1.32.